The normalized spacial score (nSPS) is 11.6. The summed E-state index contributed by atoms with van der Waals surface area (Å²) in [5.41, 5.74) is 0. The van der Waals surface area contributed by atoms with Crippen molar-refractivity contribution < 1.29 is 4.74 Å². The average Bonchev–Trinajstić information content (AvgIpc) is 2.16. The molecule has 2 heteroatoms. The first-order chi connectivity index (χ1) is 6.17. The van der Waals surface area contributed by atoms with E-state index in [9.17, 15) is 0 Å². The molecule has 0 saturated carbocycles. The molecule has 0 unspecified atom stereocenters. The first-order valence-electron chi connectivity index (χ1n) is 4.80. The zero-order valence-electron chi connectivity index (χ0n) is 8.71. The van der Waals surface area contributed by atoms with Crippen LogP contribution in [0.15, 0.2) is 30.3 Å². The molecule has 0 heterocycles. The summed E-state index contributed by atoms with van der Waals surface area (Å²) in [5, 5.41) is 1.48. The van der Waals surface area contributed by atoms with Gasteiger partial charge in [0.15, 0.2) is 0 Å². The van der Waals surface area contributed by atoms with E-state index in [1.165, 1.54) is 5.19 Å². The molecule has 1 rings (SSSR count). The molecule has 0 spiro atoms. The summed E-state index contributed by atoms with van der Waals surface area (Å²) in [6.45, 7) is 7.56. The molecule has 0 aliphatic carbocycles. The predicted octanol–water partition coefficient (Wildman–Crippen LogP) is 2.18. The van der Waals surface area contributed by atoms with Crippen molar-refractivity contribution in [3.63, 3.8) is 0 Å². The van der Waals surface area contributed by atoms with Crippen molar-refractivity contribution in [1.82, 2.24) is 0 Å². The highest BCUT2D eigenvalue weighted by molar-refractivity contribution is 6.89. The summed E-state index contributed by atoms with van der Waals surface area (Å²) in [7, 11) is -1.32. The fourth-order valence-corrected chi connectivity index (χ4v) is 3.31. The third kappa shape index (κ3) is 2.97. The third-order valence-corrected chi connectivity index (χ3v) is 5.04. The Morgan fingerprint density at radius 1 is 1.15 bits per heavy atom. The molecule has 72 valence electrons. The lowest BCUT2D eigenvalue weighted by Crippen LogP contribution is -2.46. The van der Waals surface area contributed by atoms with Crippen LogP contribution in [0.4, 0.5) is 0 Å². The summed E-state index contributed by atoms with van der Waals surface area (Å²) in [5.74, 6) is 0. The zero-order valence-corrected chi connectivity index (χ0v) is 9.71. The topological polar surface area (TPSA) is 9.23 Å². The molecule has 1 nitrogen and oxygen atoms in total. The van der Waals surface area contributed by atoms with Gasteiger partial charge >= 0.3 is 0 Å². The van der Waals surface area contributed by atoms with E-state index < -0.39 is 8.07 Å². The van der Waals surface area contributed by atoms with E-state index >= 15 is 0 Å². The first kappa shape index (κ1) is 10.5. The van der Waals surface area contributed by atoms with Gasteiger partial charge in [-0.1, -0.05) is 48.6 Å². The van der Waals surface area contributed by atoms with Gasteiger partial charge in [0.2, 0.25) is 0 Å². The van der Waals surface area contributed by atoms with Crippen molar-refractivity contribution in [2.75, 3.05) is 12.8 Å². The van der Waals surface area contributed by atoms with Crippen LogP contribution in [-0.4, -0.2) is 20.9 Å². The molecule has 0 aromatic heterocycles. The minimum Gasteiger partial charge on any atom is -0.385 e. The molecule has 0 atom stereocenters. The van der Waals surface area contributed by atoms with Gasteiger partial charge in [-0.25, -0.2) is 0 Å². The van der Waals surface area contributed by atoms with Crippen LogP contribution in [0.3, 0.4) is 0 Å². The molecule has 0 N–H and O–H groups in total. The van der Waals surface area contributed by atoms with Crippen molar-refractivity contribution >= 4 is 13.3 Å². The van der Waals surface area contributed by atoms with Crippen LogP contribution >= 0.6 is 0 Å². The second-order valence-corrected chi connectivity index (χ2v) is 8.52. The monoisotopic (exact) mass is 194 g/mol. The molecule has 13 heavy (non-hydrogen) atoms. The third-order valence-electron chi connectivity index (χ3n) is 2.22. The highest BCUT2D eigenvalue weighted by Crippen LogP contribution is 2.03. The zero-order chi connectivity index (χ0) is 9.73. The molecule has 0 amide bonds. The van der Waals surface area contributed by atoms with Gasteiger partial charge in [0.05, 0.1) is 0 Å². The minimum absolute atomic E-state index is 0.823. The van der Waals surface area contributed by atoms with E-state index in [1.807, 2.05) is 0 Å². The van der Waals surface area contributed by atoms with Crippen LogP contribution < -0.4 is 5.19 Å². The fourth-order valence-electron chi connectivity index (χ4n) is 1.33. The molecular weight excluding hydrogens is 176 g/mol. The molecule has 0 fully saturated rings. The smallest absolute Gasteiger partial charge is 0.109 e. The van der Waals surface area contributed by atoms with E-state index in [0.29, 0.717) is 0 Å². The number of benzene rings is 1. The Hall–Kier alpha value is -0.603. The van der Waals surface area contributed by atoms with Crippen LogP contribution in [0, 0.1) is 0 Å². The first-order valence-corrected chi connectivity index (χ1v) is 8.01. The van der Waals surface area contributed by atoms with Gasteiger partial charge in [-0.3, -0.25) is 0 Å². The molecule has 1 aromatic rings. The lowest BCUT2D eigenvalue weighted by molar-refractivity contribution is 0.189. The Labute approximate surface area is 81.8 Å². The Morgan fingerprint density at radius 3 is 2.31 bits per heavy atom. The molecule has 1 aromatic carbocycles. The predicted molar refractivity (Wildman–Crippen MR) is 60.1 cm³/mol. The van der Waals surface area contributed by atoms with Gasteiger partial charge < -0.3 is 4.74 Å². The van der Waals surface area contributed by atoms with Gasteiger partial charge in [0.25, 0.3) is 0 Å². The molecule has 0 aliphatic heterocycles. The van der Waals surface area contributed by atoms with Crippen LogP contribution in [0.5, 0.6) is 0 Å². The second kappa shape index (κ2) is 4.58. The average molecular weight is 194 g/mol. The van der Waals surface area contributed by atoms with Crippen molar-refractivity contribution in [2.24, 2.45) is 0 Å². The molecule has 0 saturated heterocycles. The summed E-state index contributed by atoms with van der Waals surface area (Å²) in [6.07, 6.45) is 0.924. The fraction of sp³-hybridized carbons (Fsp3) is 0.455. The summed E-state index contributed by atoms with van der Waals surface area (Å²) >= 11 is 0. The lowest BCUT2D eigenvalue weighted by Gasteiger charge is -2.22. The number of hydrogen-bond donors (Lipinski definition) is 0. The van der Waals surface area contributed by atoms with Gasteiger partial charge in [-0.2, -0.15) is 0 Å². The number of hydrogen-bond acceptors (Lipinski definition) is 1. The van der Waals surface area contributed by atoms with Crippen LogP contribution in [0.25, 0.3) is 0 Å². The Balaban J connectivity index is 2.69. The Bertz CT molecular complexity index is 244. The maximum Gasteiger partial charge on any atom is 0.109 e. The maximum absolute atomic E-state index is 5.51. The van der Waals surface area contributed by atoms with Gasteiger partial charge in [0, 0.05) is 12.8 Å². The van der Waals surface area contributed by atoms with Crippen LogP contribution in [0.2, 0.25) is 13.1 Å². The largest absolute Gasteiger partial charge is 0.385 e. The number of ether oxygens (including phenoxy) is 1. The second-order valence-electron chi connectivity index (χ2n) is 3.89. The van der Waals surface area contributed by atoms with Crippen molar-refractivity contribution in [1.29, 1.82) is 0 Å². The van der Waals surface area contributed by atoms with Crippen molar-refractivity contribution in [3.05, 3.63) is 30.3 Å². The highest BCUT2D eigenvalue weighted by Gasteiger charge is 2.22. The van der Waals surface area contributed by atoms with Crippen molar-refractivity contribution in [2.45, 2.75) is 20.0 Å². The highest BCUT2D eigenvalue weighted by atomic mass is 28.3. The summed E-state index contributed by atoms with van der Waals surface area (Å²) in [6, 6.07) is 10.7. The van der Waals surface area contributed by atoms with E-state index in [4.69, 9.17) is 4.74 Å². The summed E-state index contributed by atoms with van der Waals surface area (Å²) in [4.78, 5) is 0. The lowest BCUT2D eigenvalue weighted by atomic mass is 10.4. The Morgan fingerprint density at radius 2 is 1.77 bits per heavy atom. The Kier molecular flexibility index (Phi) is 3.69. The standard InChI is InChI=1S/C11H18OSi/c1-4-12-10-13(2,3)11-8-6-5-7-9-11/h5-9H,4,10H2,1-3H3. The maximum atomic E-state index is 5.51. The molecule has 0 radical (unpaired) electrons. The molecule has 0 aliphatic rings. The quantitative estimate of drug-likeness (QED) is 0.668. The van der Waals surface area contributed by atoms with Crippen LogP contribution in [0.1, 0.15) is 6.92 Å². The minimum atomic E-state index is -1.32. The van der Waals surface area contributed by atoms with Gasteiger partial charge in [-0.15, -0.1) is 0 Å². The van der Waals surface area contributed by atoms with E-state index in [1.54, 1.807) is 0 Å². The van der Waals surface area contributed by atoms with Crippen molar-refractivity contribution in [3.8, 4) is 0 Å². The van der Waals surface area contributed by atoms with Gasteiger partial charge in [0.1, 0.15) is 8.07 Å². The van der Waals surface area contributed by atoms with E-state index in [2.05, 4.69) is 50.3 Å². The van der Waals surface area contributed by atoms with E-state index in [-0.39, 0.29) is 0 Å². The molecule has 0 bridgehead atoms. The van der Waals surface area contributed by atoms with E-state index in [0.717, 1.165) is 12.8 Å². The SMILES string of the molecule is CCOC[Si](C)(C)c1ccccc1. The summed E-state index contributed by atoms with van der Waals surface area (Å²) < 4.78 is 5.51. The van der Waals surface area contributed by atoms with Gasteiger partial charge in [-0.05, 0) is 6.92 Å². The molecular formula is C11H18OSi. The van der Waals surface area contributed by atoms with Crippen LogP contribution in [-0.2, 0) is 4.74 Å². The number of rotatable bonds is 4.